The molecule has 0 fully saturated rings. The minimum Gasteiger partial charge on any atom is -0.386 e. The zero-order chi connectivity index (χ0) is 15.9. The highest BCUT2D eigenvalue weighted by atomic mass is 32.1. The van der Waals surface area contributed by atoms with E-state index in [0.29, 0.717) is 13.0 Å². The quantitative estimate of drug-likeness (QED) is 0.824. The zero-order valence-electron chi connectivity index (χ0n) is 12.7. The minimum absolute atomic E-state index is 0.123. The molecule has 1 aromatic carbocycles. The van der Waals surface area contributed by atoms with Gasteiger partial charge < -0.3 is 15.7 Å². The third kappa shape index (κ3) is 4.40. The summed E-state index contributed by atoms with van der Waals surface area (Å²) in [7, 11) is 0. The highest BCUT2D eigenvalue weighted by Crippen LogP contribution is 2.21. The van der Waals surface area contributed by atoms with Crippen LogP contribution < -0.4 is 5.73 Å². The van der Waals surface area contributed by atoms with Crippen molar-refractivity contribution in [2.45, 2.75) is 32.0 Å². The van der Waals surface area contributed by atoms with Gasteiger partial charge >= 0.3 is 0 Å². The number of amides is 1. The van der Waals surface area contributed by atoms with Crippen LogP contribution in [0.3, 0.4) is 0 Å². The maximum Gasteiger partial charge on any atom is 0.239 e. The summed E-state index contributed by atoms with van der Waals surface area (Å²) in [5.41, 5.74) is 6.92. The molecule has 0 aliphatic rings. The van der Waals surface area contributed by atoms with Gasteiger partial charge in [-0.05, 0) is 23.4 Å². The van der Waals surface area contributed by atoms with Gasteiger partial charge in [-0.2, -0.15) is 0 Å². The normalized spacial score (nSPS) is 13.6. The van der Waals surface area contributed by atoms with Gasteiger partial charge in [-0.3, -0.25) is 4.79 Å². The van der Waals surface area contributed by atoms with Gasteiger partial charge in [0, 0.05) is 11.4 Å². The first-order chi connectivity index (χ1) is 10.6. The van der Waals surface area contributed by atoms with E-state index in [0.717, 1.165) is 10.4 Å². The molecule has 3 N–H and O–H groups in total. The van der Waals surface area contributed by atoms with Gasteiger partial charge in [-0.1, -0.05) is 43.3 Å². The second-order valence-corrected chi connectivity index (χ2v) is 6.23. The summed E-state index contributed by atoms with van der Waals surface area (Å²) >= 11 is 1.49. The van der Waals surface area contributed by atoms with Crippen molar-refractivity contribution in [2.24, 2.45) is 5.73 Å². The van der Waals surface area contributed by atoms with Crippen LogP contribution in [0.5, 0.6) is 0 Å². The van der Waals surface area contributed by atoms with Crippen LogP contribution in [0.1, 0.15) is 29.9 Å². The molecule has 22 heavy (non-hydrogen) atoms. The summed E-state index contributed by atoms with van der Waals surface area (Å²) in [6, 6.07) is 13.0. The Morgan fingerprint density at radius 1 is 1.27 bits per heavy atom. The summed E-state index contributed by atoms with van der Waals surface area (Å²) in [6.45, 7) is 2.59. The fraction of sp³-hybridized carbons (Fsp3) is 0.353. The summed E-state index contributed by atoms with van der Waals surface area (Å²) < 4.78 is 0. The minimum atomic E-state index is -0.684. The lowest BCUT2D eigenvalue weighted by molar-refractivity contribution is -0.134. The largest absolute Gasteiger partial charge is 0.386 e. The van der Waals surface area contributed by atoms with Crippen LogP contribution in [0.2, 0.25) is 0 Å². The third-order valence-corrected chi connectivity index (χ3v) is 4.52. The lowest BCUT2D eigenvalue weighted by Gasteiger charge is -2.27. The van der Waals surface area contributed by atoms with Crippen molar-refractivity contribution in [2.75, 3.05) is 6.54 Å². The Labute approximate surface area is 135 Å². The molecule has 0 saturated heterocycles. The van der Waals surface area contributed by atoms with Crippen LogP contribution in [0, 0.1) is 0 Å². The monoisotopic (exact) mass is 318 g/mol. The number of benzene rings is 1. The van der Waals surface area contributed by atoms with Crippen LogP contribution in [0.25, 0.3) is 0 Å². The lowest BCUT2D eigenvalue weighted by atomic mass is 10.1. The van der Waals surface area contributed by atoms with Crippen molar-refractivity contribution < 1.29 is 9.90 Å². The molecule has 0 bridgehead atoms. The van der Waals surface area contributed by atoms with Gasteiger partial charge in [-0.15, -0.1) is 11.3 Å². The zero-order valence-corrected chi connectivity index (χ0v) is 13.5. The smallest absolute Gasteiger partial charge is 0.239 e. The summed E-state index contributed by atoms with van der Waals surface area (Å²) in [6.07, 6.45) is -0.101. The molecule has 2 unspecified atom stereocenters. The Morgan fingerprint density at radius 2 is 2.00 bits per heavy atom. The van der Waals surface area contributed by atoms with E-state index in [1.54, 1.807) is 4.90 Å². The number of hydrogen-bond donors (Lipinski definition) is 2. The molecule has 2 rings (SSSR count). The number of nitrogens with zero attached hydrogens (tertiary/aromatic N) is 1. The maximum absolute atomic E-state index is 12.5. The highest BCUT2D eigenvalue weighted by Gasteiger charge is 2.23. The molecule has 2 aromatic rings. The predicted molar refractivity (Wildman–Crippen MR) is 89.4 cm³/mol. The molecule has 2 atom stereocenters. The first-order valence-electron chi connectivity index (χ1n) is 7.41. The van der Waals surface area contributed by atoms with Gasteiger partial charge in [0.2, 0.25) is 5.91 Å². The first kappa shape index (κ1) is 16.7. The summed E-state index contributed by atoms with van der Waals surface area (Å²) in [5, 5.41) is 12.3. The number of hydrogen-bond acceptors (Lipinski definition) is 4. The molecule has 4 nitrogen and oxygen atoms in total. The van der Waals surface area contributed by atoms with Crippen molar-refractivity contribution in [1.29, 1.82) is 0 Å². The second kappa shape index (κ2) is 8.08. The van der Waals surface area contributed by atoms with Crippen molar-refractivity contribution >= 4 is 17.2 Å². The standard InChI is InChI=1S/C17H22N2O2S/c1-2-14(18)17(21)19(11-13-7-4-3-5-8-13)12-15(20)16-9-6-10-22-16/h3-10,14-15,20H,2,11-12,18H2,1H3. The second-order valence-electron chi connectivity index (χ2n) is 5.25. The Morgan fingerprint density at radius 3 is 2.59 bits per heavy atom. The third-order valence-electron chi connectivity index (χ3n) is 3.55. The van der Waals surface area contributed by atoms with E-state index in [4.69, 9.17) is 5.73 Å². The van der Waals surface area contributed by atoms with Crippen LogP contribution in [-0.2, 0) is 11.3 Å². The number of carbonyl (C=O) groups is 1. The Hall–Kier alpha value is -1.69. The summed E-state index contributed by atoms with van der Waals surface area (Å²) in [4.78, 5) is 15.0. The van der Waals surface area contributed by atoms with E-state index in [2.05, 4.69) is 0 Å². The van der Waals surface area contributed by atoms with Crippen molar-refractivity contribution in [3.63, 3.8) is 0 Å². The topological polar surface area (TPSA) is 66.6 Å². The molecule has 1 heterocycles. The Bertz CT molecular complexity index is 572. The average molecular weight is 318 g/mol. The van der Waals surface area contributed by atoms with Crippen LogP contribution in [0.4, 0.5) is 0 Å². The molecular weight excluding hydrogens is 296 g/mol. The first-order valence-corrected chi connectivity index (χ1v) is 8.29. The maximum atomic E-state index is 12.5. The van der Waals surface area contributed by atoms with Gasteiger partial charge in [0.15, 0.2) is 0 Å². The van der Waals surface area contributed by atoms with Gasteiger partial charge in [0.1, 0.15) is 6.10 Å². The number of nitrogens with two attached hydrogens (primary N) is 1. The fourth-order valence-electron chi connectivity index (χ4n) is 2.22. The SMILES string of the molecule is CCC(N)C(=O)N(Cc1ccccc1)CC(O)c1cccs1. The molecule has 0 aliphatic carbocycles. The van der Waals surface area contributed by atoms with Crippen LogP contribution >= 0.6 is 11.3 Å². The van der Waals surface area contributed by atoms with E-state index < -0.39 is 12.1 Å². The molecule has 118 valence electrons. The molecule has 5 heteroatoms. The molecular formula is C17H22N2O2S. The van der Waals surface area contributed by atoms with E-state index in [1.165, 1.54) is 11.3 Å². The van der Waals surface area contributed by atoms with E-state index in [1.807, 2.05) is 54.8 Å². The number of aliphatic hydroxyl groups is 1. The van der Waals surface area contributed by atoms with Crippen LogP contribution in [0.15, 0.2) is 47.8 Å². The number of rotatable bonds is 7. The summed E-state index contributed by atoms with van der Waals surface area (Å²) in [5.74, 6) is -0.123. The molecule has 1 aromatic heterocycles. The van der Waals surface area contributed by atoms with Gasteiger partial charge in [-0.25, -0.2) is 0 Å². The Kier molecular flexibility index (Phi) is 6.12. The van der Waals surface area contributed by atoms with Crippen molar-refractivity contribution in [3.8, 4) is 0 Å². The lowest BCUT2D eigenvalue weighted by Crippen LogP contribution is -2.44. The molecule has 0 spiro atoms. The van der Waals surface area contributed by atoms with Crippen LogP contribution in [-0.4, -0.2) is 28.5 Å². The van der Waals surface area contributed by atoms with Crippen molar-refractivity contribution in [3.05, 3.63) is 58.3 Å². The van der Waals surface area contributed by atoms with E-state index in [9.17, 15) is 9.90 Å². The number of thiophene rings is 1. The Balaban J connectivity index is 2.12. The fourth-order valence-corrected chi connectivity index (χ4v) is 2.93. The molecule has 0 aliphatic heterocycles. The number of carbonyl (C=O) groups excluding carboxylic acids is 1. The molecule has 0 saturated carbocycles. The predicted octanol–water partition coefficient (Wildman–Crippen LogP) is 2.55. The molecule has 1 amide bonds. The van der Waals surface area contributed by atoms with E-state index in [-0.39, 0.29) is 12.5 Å². The number of aliphatic hydroxyl groups excluding tert-OH is 1. The molecule has 0 radical (unpaired) electrons. The van der Waals surface area contributed by atoms with Crippen molar-refractivity contribution in [1.82, 2.24) is 4.90 Å². The highest BCUT2D eigenvalue weighted by molar-refractivity contribution is 7.10. The van der Waals surface area contributed by atoms with E-state index >= 15 is 0 Å². The van der Waals surface area contributed by atoms with Gasteiger partial charge in [0.25, 0.3) is 0 Å². The van der Waals surface area contributed by atoms with Gasteiger partial charge in [0.05, 0.1) is 12.6 Å². The average Bonchev–Trinajstić information content (AvgIpc) is 3.08.